The first-order valence-electron chi connectivity index (χ1n) is 7.49. The molecule has 0 aromatic carbocycles. The van der Waals surface area contributed by atoms with Crippen molar-refractivity contribution in [3.8, 4) is 0 Å². The fourth-order valence-electron chi connectivity index (χ4n) is 2.84. The average molecular weight is 304 g/mol. The van der Waals surface area contributed by atoms with Crippen molar-refractivity contribution in [1.29, 1.82) is 0 Å². The molecule has 0 bridgehead atoms. The number of hydrogen-bond acceptors (Lipinski definition) is 7. The van der Waals surface area contributed by atoms with Crippen molar-refractivity contribution in [3.63, 3.8) is 0 Å². The van der Waals surface area contributed by atoms with Crippen LogP contribution >= 0.6 is 0 Å². The highest BCUT2D eigenvalue weighted by Crippen LogP contribution is 2.35. The van der Waals surface area contributed by atoms with Crippen molar-refractivity contribution in [3.05, 3.63) is 28.6 Å². The van der Waals surface area contributed by atoms with Crippen molar-refractivity contribution < 1.29 is 4.92 Å². The molecule has 8 heteroatoms. The van der Waals surface area contributed by atoms with E-state index in [1.807, 2.05) is 15.9 Å². The van der Waals surface area contributed by atoms with Crippen molar-refractivity contribution in [2.75, 3.05) is 56.1 Å². The second kappa shape index (κ2) is 6.27. The van der Waals surface area contributed by atoms with Gasteiger partial charge in [0.05, 0.1) is 4.92 Å². The molecule has 0 unspecified atom stereocenters. The number of aromatic nitrogens is 2. The monoisotopic (exact) mass is 304 g/mol. The molecule has 0 aliphatic carbocycles. The molecule has 1 aromatic rings. The van der Waals surface area contributed by atoms with Gasteiger partial charge in [0.2, 0.25) is 11.6 Å². The molecule has 1 saturated heterocycles. The van der Waals surface area contributed by atoms with E-state index in [0.717, 1.165) is 39.1 Å². The summed E-state index contributed by atoms with van der Waals surface area (Å²) in [5.74, 6) is 0.871. The molecular formula is C14H20N6O2. The van der Waals surface area contributed by atoms with Gasteiger partial charge in [0.1, 0.15) is 6.33 Å². The summed E-state index contributed by atoms with van der Waals surface area (Å²) in [5.41, 5.74) is 0.0300. The van der Waals surface area contributed by atoms with Crippen LogP contribution in [0.25, 0.3) is 0 Å². The molecule has 3 rings (SSSR count). The Morgan fingerprint density at radius 3 is 2.32 bits per heavy atom. The number of nitro groups is 1. The fourth-order valence-corrected chi connectivity index (χ4v) is 2.84. The lowest BCUT2D eigenvalue weighted by atomic mass is 10.2. The molecule has 2 aliphatic rings. The Morgan fingerprint density at radius 1 is 1.05 bits per heavy atom. The lowest BCUT2D eigenvalue weighted by Gasteiger charge is -2.33. The maximum atomic E-state index is 11.6. The van der Waals surface area contributed by atoms with Crippen LogP contribution in [0, 0.1) is 10.1 Å². The molecule has 0 spiro atoms. The minimum absolute atomic E-state index is 0.0300. The van der Waals surface area contributed by atoms with Crippen molar-refractivity contribution in [2.45, 2.75) is 6.42 Å². The number of hydrogen-bond donors (Lipinski definition) is 0. The fraction of sp³-hybridized carbons (Fsp3) is 0.571. The van der Waals surface area contributed by atoms with Crippen LogP contribution in [0.3, 0.4) is 0 Å². The van der Waals surface area contributed by atoms with Gasteiger partial charge in [-0.15, -0.1) is 0 Å². The molecule has 3 heterocycles. The van der Waals surface area contributed by atoms with Crippen LogP contribution in [0.15, 0.2) is 18.5 Å². The van der Waals surface area contributed by atoms with Crippen LogP contribution in [0.4, 0.5) is 17.3 Å². The Hall–Kier alpha value is -2.22. The quantitative estimate of drug-likeness (QED) is 0.466. The lowest BCUT2D eigenvalue weighted by molar-refractivity contribution is -0.383. The van der Waals surface area contributed by atoms with E-state index in [1.54, 1.807) is 0 Å². The van der Waals surface area contributed by atoms with E-state index < -0.39 is 0 Å². The van der Waals surface area contributed by atoms with Crippen LogP contribution in [0.2, 0.25) is 0 Å². The third-order valence-corrected chi connectivity index (χ3v) is 4.13. The van der Waals surface area contributed by atoms with E-state index in [-0.39, 0.29) is 10.6 Å². The smallest absolute Gasteiger partial charge is 0.348 e. The van der Waals surface area contributed by atoms with E-state index in [0.29, 0.717) is 18.2 Å². The van der Waals surface area contributed by atoms with Crippen molar-refractivity contribution in [2.24, 2.45) is 0 Å². The molecule has 2 aliphatic heterocycles. The van der Waals surface area contributed by atoms with Gasteiger partial charge in [-0.25, -0.2) is 9.97 Å². The van der Waals surface area contributed by atoms with E-state index in [1.165, 1.54) is 6.33 Å². The minimum atomic E-state index is -0.346. The SMILES string of the molecule is CN1CCN(c2ncnc(N3CC=CCC3)c2[N+](=O)[O-])CC1. The molecule has 1 fully saturated rings. The van der Waals surface area contributed by atoms with E-state index in [4.69, 9.17) is 0 Å². The predicted molar refractivity (Wildman–Crippen MR) is 84.4 cm³/mol. The predicted octanol–water partition coefficient (Wildman–Crippen LogP) is 0.903. The molecule has 1 aromatic heterocycles. The Balaban J connectivity index is 1.96. The van der Waals surface area contributed by atoms with Crippen LogP contribution in [-0.4, -0.2) is 66.1 Å². The van der Waals surface area contributed by atoms with Gasteiger partial charge in [0.15, 0.2) is 0 Å². The largest absolute Gasteiger partial charge is 0.353 e. The number of piperazine rings is 1. The van der Waals surface area contributed by atoms with Crippen LogP contribution in [-0.2, 0) is 0 Å². The molecule has 0 radical (unpaired) electrons. The maximum absolute atomic E-state index is 11.6. The zero-order valence-electron chi connectivity index (χ0n) is 12.7. The first kappa shape index (κ1) is 14.7. The third-order valence-electron chi connectivity index (χ3n) is 4.13. The summed E-state index contributed by atoms with van der Waals surface area (Å²) in [6.07, 6.45) is 6.43. The van der Waals surface area contributed by atoms with Crippen molar-refractivity contribution >= 4 is 17.3 Å². The Labute approximate surface area is 129 Å². The van der Waals surface area contributed by atoms with Gasteiger partial charge >= 0.3 is 5.69 Å². The van der Waals surface area contributed by atoms with Crippen molar-refractivity contribution in [1.82, 2.24) is 14.9 Å². The number of anilines is 2. The molecule has 0 N–H and O–H groups in total. The van der Waals surface area contributed by atoms with Gasteiger partial charge in [-0.2, -0.15) is 0 Å². The molecule has 8 nitrogen and oxygen atoms in total. The zero-order chi connectivity index (χ0) is 15.5. The lowest BCUT2D eigenvalue weighted by Crippen LogP contribution is -2.45. The van der Waals surface area contributed by atoms with Gasteiger partial charge in [-0.05, 0) is 13.5 Å². The van der Waals surface area contributed by atoms with E-state index >= 15 is 0 Å². The molecule has 0 saturated carbocycles. The number of nitrogens with zero attached hydrogens (tertiary/aromatic N) is 6. The second-order valence-electron chi connectivity index (χ2n) is 5.62. The Kier molecular flexibility index (Phi) is 4.19. The molecule has 0 atom stereocenters. The van der Waals surface area contributed by atoms with Crippen LogP contribution in [0.5, 0.6) is 0 Å². The summed E-state index contributed by atoms with van der Waals surface area (Å²) in [5, 5.41) is 11.6. The summed E-state index contributed by atoms with van der Waals surface area (Å²) < 4.78 is 0. The first-order chi connectivity index (χ1) is 10.7. The summed E-state index contributed by atoms with van der Waals surface area (Å²) in [7, 11) is 2.05. The zero-order valence-corrected chi connectivity index (χ0v) is 12.7. The second-order valence-corrected chi connectivity index (χ2v) is 5.62. The summed E-state index contributed by atoms with van der Waals surface area (Å²) in [4.78, 5) is 25.8. The standard InChI is InChI=1S/C14H20N6O2/c1-17-7-9-19(10-8-17)14-12(20(21)22)13(15-11-16-14)18-5-3-2-4-6-18/h2-3,11H,4-10H2,1H3. The maximum Gasteiger partial charge on any atom is 0.353 e. The highest BCUT2D eigenvalue weighted by atomic mass is 16.6. The summed E-state index contributed by atoms with van der Waals surface area (Å²) >= 11 is 0. The normalized spacial score (nSPS) is 19.5. The highest BCUT2D eigenvalue weighted by molar-refractivity contribution is 5.71. The Bertz CT molecular complexity index is 583. The topological polar surface area (TPSA) is 78.6 Å². The average Bonchev–Trinajstić information content (AvgIpc) is 2.55. The van der Waals surface area contributed by atoms with Gasteiger partial charge in [-0.3, -0.25) is 10.1 Å². The molecule has 0 amide bonds. The summed E-state index contributed by atoms with van der Waals surface area (Å²) in [6, 6.07) is 0. The van der Waals surface area contributed by atoms with Gasteiger partial charge in [0, 0.05) is 39.3 Å². The Morgan fingerprint density at radius 2 is 1.73 bits per heavy atom. The van der Waals surface area contributed by atoms with E-state index in [2.05, 4.69) is 28.0 Å². The number of rotatable bonds is 3. The van der Waals surface area contributed by atoms with Crippen LogP contribution < -0.4 is 9.80 Å². The molecule has 22 heavy (non-hydrogen) atoms. The van der Waals surface area contributed by atoms with Gasteiger partial charge in [0.25, 0.3) is 0 Å². The van der Waals surface area contributed by atoms with E-state index in [9.17, 15) is 10.1 Å². The molecular weight excluding hydrogens is 284 g/mol. The van der Waals surface area contributed by atoms with Gasteiger partial charge in [-0.1, -0.05) is 12.2 Å². The first-order valence-corrected chi connectivity index (χ1v) is 7.49. The third kappa shape index (κ3) is 2.87. The molecule has 118 valence electrons. The van der Waals surface area contributed by atoms with Gasteiger partial charge < -0.3 is 14.7 Å². The minimum Gasteiger partial charge on any atom is -0.348 e. The number of likely N-dealkylation sites (N-methyl/N-ethyl adjacent to an activating group) is 1. The van der Waals surface area contributed by atoms with Crippen LogP contribution in [0.1, 0.15) is 6.42 Å². The summed E-state index contributed by atoms with van der Waals surface area (Å²) in [6.45, 7) is 4.64. The highest BCUT2D eigenvalue weighted by Gasteiger charge is 2.31.